The average Bonchev–Trinajstić information content (AvgIpc) is 3.01. The standard InChI is InChI=1S/C37H43N3O3/c1-25-20-31(36(42)38-27(3)33-19-13-12-14-26(33)2)23-32(21-25)37(43)39-34(22-29-15-8-6-9-16-29)35(41)24-40(5)28(4)30-17-10-7-11-18-30/h6-21,23,27-28,34-35,41H,22,24H2,1-5H3,(H,38,42)(H,39,43)/t27?,28-,34-,35+/m0/s1. The van der Waals surface area contributed by atoms with Crippen LogP contribution in [0.1, 0.15) is 74.5 Å². The number of benzene rings is 4. The molecule has 4 rings (SSSR count). The number of rotatable bonds is 12. The van der Waals surface area contributed by atoms with Crippen LogP contribution in [0.5, 0.6) is 0 Å². The SMILES string of the molecule is Cc1cc(C(=O)NC(C)c2ccccc2C)cc(C(=O)N[C@@H](Cc2ccccc2)[C@H](O)CN(C)[C@@H](C)c2ccccc2)c1. The zero-order chi connectivity index (χ0) is 30.9. The van der Waals surface area contributed by atoms with Gasteiger partial charge in [0, 0.05) is 23.7 Å². The minimum atomic E-state index is -0.831. The van der Waals surface area contributed by atoms with Crippen LogP contribution in [0.4, 0.5) is 0 Å². The van der Waals surface area contributed by atoms with Crippen LogP contribution in [0.25, 0.3) is 0 Å². The summed E-state index contributed by atoms with van der Waals surface area (Å²) in [7, 11) is 1.98. The summed E-state index contributed by atoms with van der Waals surface area (Å²) in [6.45, 7) is 8.31. The molecule has 3 N–H and O–H groups in total. The summed E-state index contributed by atoms with van der Waals surface area (Å²) in [5.41, 5.74) is 5.92. The molecule has 0 fully saturated rings. The molecule has 4 atom stereocenters. The molecule has 43 heavy (non-hydrogen) atoms. The second kappa shape index (κ2) is 14.8. The molecule has 0 radical (unpaired) electrons. The predicted molar refractivity (Wildman–Crippen MR) is 173 cm³/mol. The van der Waals surface area contributed by atoms with Crippen molar-refractivity contribution in [3.63, 3.8) is 0 Å². The van der Waals surface area contributed by atoms with Crippen molar-refractivity contribution in [2.24, 2.45) is 0 Å². The molecule has 224 valence electrons. The first-order valence-electron chi connectivity index (χ1n) is 14.9. The van der Waals surface area contributed by atoms with Crippen molar-refractivity contribution in [2.75, 3.05) is 13.6 Å². The van der Waals surface area contributed by atoms with Gasteiger partial charge in [0.2, 0.25) is 0 Å². The summed E-state index contributed by atoms with van der Waals surface area (Å²) in [5.74, 6) is -0.575. The number of nitrogens with zero attached hydrogens (tertiary/aromatic N) is 1. The number of nitrogens with one attached hydrogen (secondary N) is 2. The van der Waals surface area contributed by atoms with Gasteiger partial charge in [-0.3, -0.25) is 14.5 Å². The average molecular weight is 578 g/mol. The Morgan fingerprint density at radius 1 is 0.767 bits per heavy atom. The Labute approximate surface area is 255 Å². The molecule has 0 aliphatic carbocycles. The largest absolute Gasteiger partial charge is 0.390 e. The number of likely N-dealkylation sites (N-methyl/N-ethyl adjacent to an activating group) is 1. The van der Waals surface area contributed by atoms with Crippen LogP contribution in [0, 0.1) is 13.8 Å². The van der Waals surface area contributed by atoms with E-state index in [4.69, 9.17) is 0 Å². The van der Waals surface area contributed by atoms with Crippen molar-refractivity contribution in [1.29, 1.82) is 0 Å². The second-order valence-electron chi connectivity index (χ2n) is 11.5. The molecule has 2 amide bonds. The van der Waals surface area contributed by atoms with Gasteiger partial charge in [0.1, 0.15) is 0 Å². The lowest BCUT2D eigenvalue weighted by Gasteiger charge is -2.31. The molecular formula is C37H43N3O3. The fourth-order valence-electron chi connectivity index (χ4n) is 5.45. The maximum Gasteiger partial charge on any atom is 0.251 e. The summed E-state index contributed by atoms with van der Waals surface area (Å²) < 4.78 is 0. The van der Waals surface area contributed by atoms with Gasteiger partial charge >= 0.3 is 0 Å². The first-order valence-corrected chi connectivity index (χ1v) is 14.9. The van der Waals surface area contributed by atoms with E-state index in [-0.39, 0.29) is 23.9 Å². The van der Waals surface area contributed by atoms with Gasteiger partial charge in [0.05, 0.1) is 18.2 Å². The lowest BCUT2D eigenvalue weighted by Crippen LogP contribution is -2.49. The zero-order valence-corrected chi connectivity index (χ0v) is 25.7. The third-order valence-corrected chi connectivity index (χ3v) is 8.10. The highest BCUT2D eigenvalue weighted by atomic mass is 16.3. The van der Waals surface area contributed by atoms with Crippen LogP contribution >= 0.6 is 0 Å². The fourth-order valence-corrected chi connectivity index (χ4v) is 5.45. The number of carbonyl (C=O) groups is 2. The van der Waals surface area contributed by atoms with Crippen LogP contribution in [0.2, 0.25) is 0 Å². The number of hydrogen-bond donors (Lipinski definition) is 3. The molecule has 6 nitrogen and oxygen atoms in total. The van der Waals surface area contributed by atoms with Crippen molar-refractivity contribution >= 4 is 11.8 Å². The molecular weight excluding hydrogens is 534 g/mol. The van der Waals surface area contributed by atoms with E-state index >= 15 is 0 Å². The van der Waals surface area contributed by atoms with Crippen molar-refractivity contribution in [3.05, 3.63) is 142 Å². The normalized spacial score (nSPS) is 14.0. The molecule has 0 heterocycles. The van der Waals surface area contributed by atoms with Gasteiger partial charge < -0.3 is 15.7 Å². The molecule has 1 unspecified atom stereocenters. The monoisotopic (exact) mass is 577 g/mol. The molecule has 0 saturated heterocycles. The highest BCUT2D eigenvalue weighted by Gasteiger charge is 2.26. The molecule has 6 heteroatoms. The minimum absolute atomic E-state index is 0.0869. The second-order valence-corrected chi connectivity index (χ2v) is 11.5. The number of hydrogen-bond acceptors (Lipinski definition) is 4. The lowest BCUT2D eigenvalue weighted by atomic mass is 9.98. The van der Waals surface area contributed by atoms with Gasteiger partial charge in [0.25, 0.3) is 11.8 Å². The van der Waals surface area contributed by atoms with Crippen LogP contribution in [0.3, 0.4) is 0 Å². The van der Waals surface area contributed by atoms with E-state index in [0.29, 0.717) is 24.1 Å². The Bertz CT molecular complexity index is 1510. The maximum absolute atomic E-state index is 13.6. The van der Waals surface area contributed by atoms with Crippen LogP contribution in [0.15, 0.2) is 103 Å². The van der Waals surface area contributed by atoms with Crippen LogP contribution < -0.4 is 10.6 Å². The van der Waals surface area contributed by atoms with Crippen molar-refractivity contribution in [2.45, 2.75) is 58.3 Å². The van der Waals surface area contributed by atoms with Gasteiger partial charge in [-0.25, -0.2) is 0 Å². The Hall–Kier alpha value is -4.26. The van der Waals surface area contributed by atoms with Gasteiger partial charge in [-0.2, -0.15) is 0 Å². The first kappa shape index (κ1) is 31.7. The maximum atomic E-state index is 13.6. The number of aliphatic hydroxyl groups is 1. The number of amides is 2. The third kappa shape index (κ3) is 8.63. The first-order chi connectivity index (χ1) is 20.6. The molecule has 0 bridgehead atoms. The molecule has 4 aromatic rings. The van der Waals surface area contributed by atoms with E-state index in [1.165, 1.54) is 0 Å². The van der Waals surface area contributed by atoms with E-state index in [2.05, 4.69) is 34.6 Å². The Morgan fingerprint density at radius 2 is 1.33 bits per heavy atom. The highest BCUT2D eigenvalue weighted by Crippen LogP contribution is 2.21. The Balaban J connectivity index is 1.51. The number of aryl methyl sites for hydroxylation is 2. The quantitative estimate of drug-likeness (QED) is 0.188. The summed E-state index contributed by atoms with van der Waals surface area (Å²) in [4.78, 5) is 29.0. The minimum Gasteiger partial charge on any atom is -0.390 e. The van der Waals surface area contributed by atoms with Gasteiger partial charge in [-0.05, 0) is 87.2 Å². The number of carbonyl (C=O) groups excluding carboxylic acids is 2. The Kier molecular flexibility index (Phi) is 10.9. The van der Waals surface area contributed by atoms with Crippen LogP contribution in [-0.2, 0) is 6.42 Å². The lowest BCUT2D eigenvalue weighted by molar-refractivity contribution is 0.0656. The fraction of sp³-hybridized carbons (Fsp3) is 0.297. The summed E-state index contributed by atoms with van der Waals surface area (Å²) >= 11 is 0. The van der Waals surface area contributed by atoms with Crippen molar-refractivity contribution < 1.29 is 14.7 Å². The molecule has 0 spiro atoms. The smallest absolute Gasteiger partial charge is 0.251 e. The van der Waals surface area contributed by atoms with E-state index in [9.17, 15) is 14.7 Å². The molecule has 4 aromatic carbocycles. The van der Waals surface area contributed by atoms with E-state index in [1.807, 2.05) is 101 Å². The topological polar surface area (TPSA) is 81.7 Å². The van der Waals surface area contributed by atoms with Gasteiger partial charge in [-0.1, -0.05) is 84.9 Å². The van der Waals surface area contributed by atoms with E-state index < -0.39 is 12.1 Å². The number of aliphatic hydroxyl groups excluding tert-OH is 1. The summed E-state index contributed by atoms with van der Waals surface area (Å²) in [5, 5.41) is 17.6. The van der Waals surface area contributed by atoms with Gasteiger partial charge in [-0.15, -0.1) is 0 Å². The van der Waals surface area contributed by atoms with Crippen molar-refractivity contribution in [1.82, 2.24) is 15.5 Å². The van der Waals surface area contributed by atoms with E-state index in [1.54, 1.807) is 18.2 Å². The van der Waals surface area contributed by atoms with E-state index in [0.717, 1.165) is 27.8 Å². The van der Waals surface area contributed by atoms with Crippen LogP contribution in [-0.4, -0.2) is 47.6 Å². The zero-order valence-electron chi connectivity index (χ0n) is 25.7. The summed E-state index contributed by atoms with van der Waals surface area (Å²) in [6, 6.07) is 32.5. The predicted octanol–water partition coefficient (Wildman–Crippen LogP) is 6.19. The van der Waals surface area contributed by atoms with Crippen molar-refractivity contribution in [3.8, 4) is 0 Å². The molecule has 0 aliphatic rings. The molecule has 0 saturated carbocycles. The highest BCUT2D eigenvalue weighted by molar-refractivity contribution is 6.00. The Morgan fingerprint density at radius 3 is 1.95 bits per heavy atom. The van der Waals surface area contributed by atoms with Gasteiger partial charge in [0.15, 0.2) is 0 Å². The molecule has 0 aromatic heterocycles. The summed E-state index contributed by atoms with van der Waals surface area (Å²) in [6.07, 6.45) is -0.364. The third-order valence-electron chi connectivity index (χ3n) is 8.10. The molecule has 0 aliphatic heterocycles.